The predicted molar refractivity (Wildman–Crippen MR) is 91.6 cm³/mol. The highest BCUT2D eigenvalue weighted by Gasteiger charge is 2.08. The third kappa shape index (κ3) is 4.48. The second-order valence-corrected chi connectivity index (χ2v) is 6.25. The van der Waals surface area contributed by atoms with Gasteiger partial charge in [-0.3, -0.25) is 9.78 Å². The summed E-state index contributed by atoms with van der Waals surface area (Å²) < 4.78 is 4.99. The van der Waals surface area contributed by atoms with Crippen LogP contribution in [0.1, 0.15) is 23.6 Å². The fourth-order valence-electron chi connectivity index (χ4n) is 2.22. The highest BCUT2D eigenvalue weighted by Crippen LogP contribution is 2.21. The Balaban J connectivity index is 1.42. The highest BCUT2D eigenvalue weighted by molar-refractivity contribution is 7.13. The third-order valence-electron chi connectivity index (χ3n) is 3.42. The maximum atomic E-state index is 11.9. The van der Waals surface area contributed by atoms with Gasteiger partial charge < -0.3 is 9.84 Å². The lowest BCUT2D eigenvalue weighted by molar-refractivity contribution is -0.121. The summed E-state index contributed by atoms with van der Waals surface area (Å²) in [6, 6.07) is 7.62. The molecule has 3 aromatic rings. The minimum absolute atomic E-state index is 0.0163. The Morgan fingerprint density at radius 3 is 2.96 bits per heavy atom. The molecular formula is C17H18N4O2S. The number of carbonyl (C=O) groups is 1. The molecule has 124 valence electrons. The van der Waals surface area contributed by atoms with Crippen LogP contribution in [0, 0.1) is 6.92 Å². The topological polar surface area (TPSA) is 80.9 Å². The molecule has 0 aliphatic heterocycles. The first-order chi connectivity index (χ1) is 11.7. The van der Waals surface area contributed by atoms with E-state index < -0.39 is 0 Å². The van der Waals surface area contributed by atoms with E-state index in [1.165, 1.54) is 0 Å². The van der Waals surface area contributed by atoms with Gasteiger partial charge in [0.25, 0.3) is 0 Å². The number of pyridine rings is 1. The molecule has 0 saturated carbocycles. The third-order valence-corrected chi connectivity index (χ3v) is 4.34. The van der Waals surface area contributed by atoms with E-state index in [4.69, 9.17) is 4.52 Å². The normalized spacial score (nSPS) is 10.7. The average molecular weight is 342 g/mol. The van der Waals surface area contributed by atoms with Gasteiger partial charge in [-0.1, -0.05) is 11.2 Å². The minimum Gasteiger partial charge on any atom is -0.361 e. The number of aryl methyl sites for hydroxylation is 2. The number of thiazole rings is 1. The first-order valence-electron chi connectivity index (χ1n) is 7.75. The van der Waals surface area contributed by atoms with Gasteiger partial charge in [-0.25, -0.2) is 4.98 Å². The Bertz CT molecular complexity index is 798. The molecule has 0 spiro atoms. The van der Waals surface area contributed by atoms with Crippen molar-refractivity contribution in [2.75, 3.05) is 6.54 Å². The van der Waals surface area contributed by atoms with Crippen LogP contribution in [0.25, 0.3) is 10.7 Å². The summed E-state index contributed by atoms with van der Waals surface area (Å²) in [7, 11) is 0. The van der Waals surface area contributed by atoms with Crippen LogP contribution in [0.5, 0.6) is 0 Å². The summed E-state index contributed by atoms with van der Waals surface area (Å²) in [4.78, 5) is 20.7. The quantitative estimate of drug-likeness (QED) is 0.714. The molecule has 24 heavy (non-hydrogen) atoms. The zero-order chi connectivity index (χ0) is 16.8. The first kappa shape index (κ1) is 16.3. The van der Waals surface area contributed by atoms with Gasteiger partial charge in [-0.15, -0.1) is 11.3 Å². The summed E-state index contributed by atoms with van der Waals surface area (Å²) in [5, 5.41) is 9.65. The van der Waals surface area contributed by atoms with Gasteiger partial charge >= 0.3 is 0 Å². The molecule has 0 aliphatic rings. The molecule has 0 atom stereocenters. The molecule has 1 N–H and O–H groups in total. The number of hydrogen-bond acceptors (Lipinski definition) is 6. The largest absolute Gasteiger partial charge is 0.361 e. The number of aromatic nitrogens is 3. The molecule has 0 bridgehead atoms. The molecule has 3 rings (SSSR count). The lowest BCUT2D eigenvalue weighted by Crippen LogP contribution is -2.25. The number of carbonyl (C=O) groups excluding carboxylic acids is 1. The van der Waals surface area contributed by atoms with Crippen LogP contribution in [-0.4, -0.2) is 27.6 Å². The van der Waals surface area contributed by atoms with Crippen LogP contribution in [0.3, 0.4) is 0 Å². The van der Waals surface area contributed by atoms with Crippen molar-refractivity contribution in [3.63, 3.8) is 0 Å². The van der Waals surface area contributed by atoms with E-state index in [1.807, 2.05) is 36.6 Å². The molecule has 0 aromatic carbocycles. The van der Waals surface area contributed by atoms with E-state index in [2.05, 4.69) is 20.4 Å². The Labute approximate surface area is 143 Å². The predicted octanol–water partition coefficient (Wildman–Crippen LogP) is 2.79. The lowest BCUT2D eigenvalue weighted by Gasteiger charge is -2.02. The van der Waals surface area contributed by atoms with Gasteiger partial charge in [0.15, 0.2) is 0 Å². The van der Waals surface area contributed by atoms with Gasteiger partial charge in [0.1, 0.15) is 10.8 Å². The van der Waals surface area contributed by atoms with E-state index in [1.54, 1.807) is 17.5 Å². The van der Waals surface area contributed by atoms with Gasteiger partial charge in [-0.05, 0) is 25.5 Å². The van der Waals surface area contributed by atoms with E-state index in [0.29, 0.717) is 25.8 Å². The summed E-state index contributed by atoms with van der Waals surface area (Å²) in [5.41, 5.74) is 2.64. The number of hydrogen-bond donors (Lipinski definition) is 1. The molecule has 3 aromatic heterocycles. The molecule has 0 aliphatic carbocycles. The lowest BCUT2D eigenvalue weighted by atomic mass is 10.2. The summed E-state index contributed by atoms with van der Waals surface area (Å²) in [6.07, 6.45) is 3.46. The van der Waals surface area contributed by atoms with Crippen molar-refractivity contribution in [2.24, 2.45) is 0 Å². The molecule has 7 heteroatoms. The smallest absolute Gasteiger partial charge is 0.220 e. The van der Waals surface area contributed by atoms with E-state index in [9.17, 15) is 4.79 Å². The van der Waals surface area contributed by atoms with Crippen LogP contribution in [0.15, 0.2) is 40.4 Å². The molecule has 6 nitrogen and oxygen atoms in total. The van der Waals surface area contributed by atoms with Crippen LogP contribution < -0.4 is 5.32 Å². The van der Waals surface area contributed by atoms with Gasteiger partial charge in [0, 0.05) is 37.0 Å². The van der Waals surface area contributed by atoms with Crippen molar-refractivity contribution in [3.8, 4) is 10.7 Å². The average Bonchev–Trinajstić information content (AvgIpc) is 3.23. The van der Waals surface area contributed by atoms with Crippen molar-refractivity contribution in [2.45, 2.75) is 26.2 Å². The standard InChI is InChI=1S/C17H18N4O2S/c1-12-10-13(21-23-12)7-9-19-16(22)6-5-14-11-24-17(20-14)15-4-2-3-8-18-15/h2-4,8,10-11H,5-7,9H2,1H3,(H,19,22). The zero-order valence-electron chi connectivity index (χ0n) is 13.4. The Hall–Kier alpha value is -2.54. The monoisotopic (exact) mass is 342 g/mol. The number of amides is 1. The Kier molecular flexibility index (Phi) is 5.32. The van der Waals surface area contributed by atoms with Gasteiger partial charge in [0.05, 0.1) is 17.1 Å². The summed E-state index contributed by atoms with van der Waals surface area (Å²) in [5.74, 6) is 0.797. The van der Waals surface area contributed by atoms with Crippen LogP contribution in [-0.2, 0) is 17.6 Å². The molecule has 3 heterocycles. The van der Waals surface area contributed by atoms with Crippen molar-refractivity contribution in [1.29, 1.82) is 0 Å². The first-order valence-corrected chi connectivity index (χ1v) is 8.63. The Morgan fingerprint density at radius 2 is 2.21 bits per heavy atom. The van der Waals surface area contributed by atoms with Crippen molar-refractivity contribution < 1.29 is 9.32 Å². The fourth-order valence-corrected chi connectivity index (χ4v) is 3.05. The van der Waals surface area contributed by atoms with Crippen molar-refractivity contribution in [1.82, 2.24) is 20.4 Å². The van der Waals surface area contributed by atoms with Gasteiger partial charge in [0.2, 0.25) is 5.91 Å². The van der Waals surface area contributed by atoms with Crippen molar-refractivity contribution in [3.05, 3.63) is 53.0 Å². The zero-order valence-corrected chi connectivity index (χ0v) is 14.2. The Morgan fingerprint density at radius 1 is 1.29 bits per heavy atom. The van der Waals surface area contributed by atoms with Crippen LogP contribution in [0.2, 0.25) is 0 Å². The number of nitrogens with one attached hydrogen (secondary N) is 1. The van der Waals surface area contributed by atoms with Crippen LogP contribution >= 0.6 is 11.3 Å². The van der Waals surface area contributed by atoms with E-state index in [0.717, 1.165) is 27.8 Å². The second-order valence-electron chi connectivity index (χ2n) is 5.39. The van der Waals surface area contributed by atoms with E-state index in [-0.39, 0.29) is 5.91 Å². The number of rotatable bonds is 7. The maximum Gasteiger partial charge on any atom is 0.220 e. The molecule has 1 amide bonds. The summed E-state index contributed by atoms with van der Waals surface area (Å²) >= 11 is 1.55. The van der Waals surface area contributed by atoms with E-state index >= 15 is 0 Å². The van der Waals surface area contributed by atoms with Crippen molar-refractivity contribution >= 4 is 17.2 Å². The molecule has 0 saturated heterocycles. The molecule has 0 radical (unpaired) electrons. The minimum atomic E-state index is 0.0163. The fraction of sp³-hybridized carbons (Fsp3) is 0.294. The SMILES string of the molecule is Cc1cc(CCNC(=O)CCc2csc(-c3ccccn3)n2)no1. The molecular weight excluding hydrogens is 324 g/mol. The highest BCUT2D eigenvalue weighted by atomic mass is 32.1. The van der Waals surface area contributed by atoms with Crippen LogP contribution in [0.4, 0.5) is 0 Å². The maximum absolute atomic E-state index is 11.9. The van der Waals surface area contributed by atoms with Gasteiger partial charge in [-0.2, -0.15) is 0 Å². The number of nitrogens with zero attached hydrogens (tertiary/aromatic N) is 3. The molecule has 0 fully saturated rings. The molecule has 0 unspecified atom stereocenters. The summed E-state index contributed by atoms with van der Waals surface area (Å²) in [6.45, 7) is 2.41. The second kappa shape index (κ2) is 7.83.